The van der Waals surface area contributed by atoms with E-state index in [0.717, 1.165) is 19.5 Å². The van der Waals surface area contributed by atoms with Crippen LogP contribution in [0.1, 0.15) is 46.0 Å². The number of amides is 1. The first-order valence-corrected chi connectivity index (χ1v) is 6.43. The lowest BCUT2D eigenvalue weighted by Crippen LogP contribution is -2.47. The Bertz CT molecular complexity index is 229. The van der Waals surface area contributed by atoms with Crippen LogP contribution in [0.2, 0.25) is 0 Å². The summed E-state index contributed by atoms with van der Waals surface area (Å²) in [5, 5.41) is 0. The highest BCUT2D eigenvalue weighted by molar-refractivity contribution is 5.75. The third-order valence-electron chi connectivity index (χ3n) is 3.78. The Morgan fingerprint density at radius 3 is 2.44 bits per heavy atom. The lowest BCUT2D eigenvalue weighted by Gasteiger charge is -2.43. The van der Waals surface area contributed by atoms with E-state index < -0.39 is 0 Å². The van der Waals surface area contributed by atoms with Crippen molar-refractivity contribution >= 4 is 5.91 Å². The summed E-state index contributed by atoms with van der Waals surface area (Å²) in [5.41, 5.74) is 6.04. The maximum atomic E-state index is 11.9. The van der Waals surface area contributed by atoms with Gasteiger partial charge in [-0.15, -0.1) is 0 Å². The molecule has 0 aromatic carbocycles. The Hall–Kier alpha value is -0.570. The van der Waals surface area contributed by atoms with E-state index in [2.05, 4.69) is 13.8 Å². The van der Waals surface area contributed by atoms with Crippen molar-refractivity contribution < 1.29 is 4.79 Å². The van der Waals surface area contributed by atoms with Crippen LogP contribution in [0.3, 0.4) is 0 Å². The van der Waals surface area contributed by atoms with Gasteiger partial charge >= 0.3 is 0 Å². The summed E-state index contributed by atoms with van der Waals surface area (Å²) in [7, 11) is 1.92. The molecule has 1 aliphatic carbocycles. The molecule has 1 aliphatic rings. The van der Waals surface area contributed by atoms with Crippen LogP contribution >= 0.6 is 0 Å². The highest BCUT2D eigenvalue weighted by Gasteiger charge is 2.37. The smallest absolute Gasteiger partial charge is 0.222 e. The minimum absolute atomic E-state index is 0.238. The molecule has 0 heterocycles. The molecular weight excluding hydrogens is 200 g/mol. The molecule has 0 aliphatic heterocycles. The molecule has 2 N–H and O–H groups in total. The summed E-state index contributed by atoms with van der Waals surface area (Å²) in [5.74, 6) is 0.873. The van der Waals surface area contributed by atoms with Crippen LogP contribution in [0, 0.1) is 11.3 Å². The monoisotopic (exact) mass is 226 g/mol. The molecule has 16 heavy (non-hydrogen) atoms. The summed E-state index contributed by atoms with van der Waals surface area (Å²) < 4.78 is 0. The maximum Gasteiger partial charge on any atom is 0.222 e. The second-order valence-corrected chi connectivity index (χ2v) is 5.74. The third-order valence-corrected chi connectivity index (χ3v) is 3.78. The Kier molecular flexibility index (Phi) is 4.78. The molecular formula is C13H26N2O. The van der Waals surface area contributed by atoms with Crippen molar-refractivity contribution in [3.8, 4) is 0 Å². The van der Waals surface area contributed by atoms with E-state index in [1.807, 2.05) is 11.9 Å². The Morgan fingerprint density at radius 1 is 1.44 bits per heavy atom. The average Bonchev–Trinajstić information content (AvgIpc) is 2.19. The molecule has 0 saturated heterocycles. The molecule has 94 valence electrons. The standard InChI is InChI=1S/C13H26N2O/c1-11(2)5-6-12(16)15(3)10-13(9-14)7-4-8-13/h11H,4-10,14H2,1-3H3. The summed E-state index contributed by atoms with van der Waals surface area (Å²) in [6.07, 6.45) is 5.30. The number of nitrogens with zero attached hydrogens (tertiary/aromatic N) is 1. The first kappa shape index (κ1) is 13.5. The summed E-state index contributed by atoms with van der Waals surface area (Å²) >= 11 is 0. The second-order valence-electron chi connectivity index (χ2n) is 5.74. The van der Waals surface area contributed by atoms with Gasteiger partial charge < -0.3 is 10.6 Å². The molecule has 1 amide bonds. The second kappa shape index (κ2) is 5.67. The van der Waals surface area contributed by atoms with E-state index in [1.54, 1.807) is 0 Å². The van der Waals surface area contributed by atoms with Crippen LogP contribution in [0.4, 0.5) is 0 Å². The van der Waals surface area contributed by atoms with Crippen molar-refractivity contribution in [2.24, 2.45) is 17.1 Å². The maximum absolute atomic E-state index is 11.9. The van der Waals surface area contributed by atoms with Crippen LogP contribution in [-0.2, 0) is 4.79 Å². The molecule has 0 radical (unpaired) electrons. The summed E-state index contributed by atoms with van der Waals surface area (Å²) in [6, 6.07) is 0. The van der Waals surface area contributed by atoms with Crippen LogP contribution in [-0.4, -0.2) is 30.9 Å². The van der Waals surface area contributed by atoms with Gasteiger partial charge in [-0.1, -0.05) is 20.3 Å². The van der Waals surface area contributed by atoms with Crippen molar-refractivity contribution in [2.45, 2.75) is 46.0 Å². The van der Waals surface area contributed by atoms with E-state index in [4.69, 9.17) is 5.73 Å². The van der Waals surface area contributed by atoms with E-state index >= 15 is 0 Å². The highest BCUT2D eigenvalue weighted by atomic mass is 16.2. The molecule has 0 atom stereocenters. The van der Waals surface area contributed by atoms with Gasteiger partial charge in [0.25, 0.3) is 0 Å². The molecule has 0 aromatic heterocycles. The number of carbonyl (C=O) groups is 1. The zero-order valence-corrected chi connectivity index (χ0v) is 11.0. The number of rotatable bonds is 6. The molecule has 1 rings (SSSR count). The molecule has 3 heteroatoms. The summed E-state index contributed by atoms with van der Waals surface area (Å²) in [4.78, 5) is 13.7. The lowest BCUT2D eigenvalue weighted by atomic mass is 9.68. The zero-order valence-electron chi connectivity index (χ0n) is 11.0. The van der Waals surface area contributed by atoms with Crippen LogP contribution in [0.25, 0.3) is 0 Å². The fourth-order valence-corrected chi connectivity index (χ4v) is 2.30. The van der Waals surface area contributed by atoms with Crippen LogP contribution < -0.4 is 5.73 Å². The normalized spacial score (nSPS) is 18.3. The molecule has 0 aromatic rings. The van der Waals surface area contributed by atoms with E-state index in [9.17, 15) is 4.79 Å². The average molecular weight is 226 g/mol. The molecule has 1 saturated carbocycles. The molecule has 3 nitrogen and oxygen atoms in total. The fraction of sp³-hybridized carbons (Fsp3) is 0.923. The van der Waals surface area contributed by atoms with Gasteiger partial charge in [-0.2, -0.15) is 0 Å². The minimum Gasteiger partial charge on any atom is -0.345 e. The predicted octanol–water partition coefficient (Wildman–Crippen LogP) is 2.01. The zero-order chi connectivity index (χ0) is 12.2. The van der Waals surface area contributed by atoms with E-state index in [-0.39, 0.29) is 11.3 Å². The minimum atomic E-state index is 0.238. The predicted molar refractivity (Wildman–Crippen MR) is 67.0 cm³/mol. The van der Waals surface area contributed by atoms with Gasteiger partial charge in [0.1, 0.15) is 0 Å². The van der Waals surface area contributed by atoms with E-state index in [0.29, 0.717) is 12.3 Å². The lowest BCUT2D eigenvalue weighted by molar-refractivity contribution is -0.132. The Labute approximate surface area is 99.4 Å². The van der Waals surface area contributed by atoms with Crippen molar-refractivity contribution in [1.29, 1.82) is 0 Å². The first-order valence-electron chi connectivity index (χ1n) is 6.43. The fourth-order valence-electron chi connectivity index (χ4n) is 2.30. The molecule has 1 fully saturated rings. The number of nitrogens with two attached hydrogens (primary N) is 1. The van der Waals surface area contributed by atoms with Gasteiger partial charge in [-0.3, -0.25) is 4.79 Å². The highest BCUT2D eigenvalue weighted by Crippen LogP contribution is 2.40. The van der Waals surface area contributed by atoms with Gasteiger partial charge in [0, 0.05) is 25.4 Å². The van der Waals surface area contributed by atoms with Gasteiger partial charge in [-0.25, -0.2) is 0 Å². The first-order chi connectivity index (χ1) is 7.49. The van der Waals surface area contributed by atoms with Gasteiger partial charge in [0.2, 0.25) is 5.91 Å². The Morgan fingerprint density at radius 2 is 2.06 bits per heavy atom. The number of carbonyl (C=O) groups excluding carboxylic acids is 1. The van der Waals surface area contributed by atoms with Crippen molar-refractivity contribution in [3.05, 3.63) is 0 Å². The molecule has 0 bridgehead atoms. The Balaban J connectivity index is 2.33. The topological polar surface area (TPSA) is 46.3 Å². The third kappa shape index (κ3) is 3.48. The van der Waals surface area contributed by atoms with Crippen LogP contribution in [0.15, 0.2) is 0 Å². The largest absolute Gasteiger partial charge is 0.345 e. The van der Waals surface area contributed by atoms with Crippen molar-refractivity contribution in [1.82, 2.24) is 4.90 Å². The van der Waals surface area contributed by atoms with Gasteiger partial charge in [0.05, 0.1) is 0 Å². The van der Waals surface area contributed by atoms with E-state index in [1.165, 1.54) is 19.3 Å². The molecule has 0 spiro atoms. The SMILES string of the molecule is CC(C)CCC(=O)N(C)CC1(CN)CCC1. The molecule has 0 unspecified atom stereocenters. The van der Waals surface area contributed by atoms with Crippen molar-refractivity contribution in [3.63, 3.8) is 0 Å². The number of hydrogen-bond donors (Lipinski definition) is 1. The van der Waals surface area contributed by atoms with Gasteiger partial charge in [-0.05, 0) is 31.7 Å². The number of hydrogen-bond acceptors (Lipinski definition) is 2. The van der Waals surface area contributed by atoms with Crippen LogP contribution in [0.5, 0.6) is 0 Å². The quantitative estimate of drug-likeness (QED) is 0.753. The summed E-state index contributed by atoms with van der Waals surface area (Å²) in [6.45, 7) is 5.87. The van der Waals surface area contributed by atoms with Crippen molar-refractivity contribution in [2.75, 3.05) is 20.1 Å². The van der Waals surface area contributed by atoms with Gasteiger partial charge in [0.15, 0.2) is 0 Å².